The van der Waals surface area contributed by atoms with Gasteiger partial charge in [0.15, 0.2) is 0 Å². The Kier molecular flexibility index (Phi) is 4.66. The van der Waals surface area contributed by atoms with E-state index in [4.69, 9.17) is 21.6 Å². The van der Waals surface area contributed by atoms with Crippen molar-refractivity contribution >= 4 is 17.4 Å². The standard InChI is InChI=1S/C16H15ClN2O2/c1-3-19-12(8-9-18)10-14(17)15(19)16(20)11-4-6-13(21-2)7-5-11/h4-7,10H,3,8H2,1-2H3. The summed E-state index contributed by atoms with van der Waals surface area (Å²) in [4.78, 5) is 12.6. The van der Waals surface area contributed by atoms with Crippen LogP contribution in [0.2, 0.25) is 5.02 Å². The first-order valence-corrected chi connectivity index (χ1v) is 6.93. The summed E-state index contributed by atoms with van der Waals surface area (Å²) in [6.07, 6.45) is 0.226. The number of rotatable bonds is 5. The van der Waals surface area contributed by atoms with Crippen LogP contribution in [0.5, 0.6) is 5.75 Å². The second kappa shape index (κ2) is 6.47. The van der Waals surface area contributed by atoms with Crippen LogP contribution in [0.3, 0.4) is 0 Å². The highest BCUT2D eigenvalue weighted by molar-refractivity contribution is 6.34. The van der Waals surface area contributed by atoms with E-state index in [0.717, 1.165) is 5.69 Å². The maximum Gasteiger partial charge on any atom is 0.210 e. The van der Waals surface area contributed by atoms with Gasteiger partial charge in [-0.3, -0.25) is 4.79 Å². The van der Waals surface area contributed by atoms with E-state index in [9.17, 15) is 4.79 Å². The van der Waals surface area contributed by atoms with Gasteiger partial charge in [0.25, 0.3) is 0 Å². The molecule has 1 aromatic heterocycles. The molecule has 0 N–H and O–H groups in total. The predicted octanol–water partition coefficient (Wildman–Crippen LogP) is 3.47. The normalized spacial score (nSPS) is 10.2. The molecule has 1 aromatic carbocycles. The van der Waals surface area contributed by atoms with Crippen LogP contribution in [0.4, 0.5) is 0 Å². The van der Waals surface area contributed by atoms with Crippen molar-refractivity contribution in [3.63, 3.8) is 0 Å². The third-order valence-electron chi connectivity index (χ3n) is 3.28. The highest BCUT2D eigenvalue weighted by atomic mass is 35.5. The molecule has 0 spiro atoms. The topological polar surface area (TPSA) is 55.0 Å². The van der Waals surface area contributed by atoms with Gasteiger partial charge in [-0.15, -0.1) is 0 Å². The second-order valence-corrected chi connectivity index (χ2v) is 4.88. The molecule has 0 aliphatic rings. The van der Waals surface area contributed by atoms with Crippen LogP contribution < -0.4 is 4.74 Å². The summed E-state index contributed by atoms with van der Waals surface area (Å²) in [6.45, 7) is 2.50. The first-order valence-electron chi connectivity index (χ1n) is 6.56. The van der Waals surface area contributed by atoms with E-state index in [1.54, 1.807) is 42.0 Å². The molecule has 0 unspecified atom stereocenters. The number of aromatic nitrogens is 1. The van der Waals surface area contributed by atoms with Crippen molar-refractivity contribution in [2.75, 3.05) is 7.11 Å². The lowest BCUT2D eigenvalue weighted by Gasteiger charge is -2.09. The summed E-state index contributed by atoms with van der Waals surface area (Å²) in [7, 11) is 1.57. The number of carbonyl (C=O) groups is 1. The molecule has 2 aromatic rings. The molecular weight excluding hydrogens is 288 g/mol. The minimum atomic E-state index is -0.159. The minimum Gasteiger partial charge on any atom is -0.497 e. The van der Waals surface area contributed by atoms with E-state index in [0.29, 0.717) is 28.6 Å². The third kappa shape index (κ3) is 2.93. The molecule has 0 amide bonds. The molecule has 4 nitrogen and oxygen atoms in total. The highest BCUT2D eigenvalue weighted by Crippen LogP contribution is 2.25. The van der Waals surface area contributed by atoms with E-state index in [1.807, 2.05) is 6.92 Å². The molecule has 0 fully saturated rings. The zero-order valence-corrected chi connectivity index (χ0v) is 12.6. The number of methoxy groups -OCH3 is 1. The van der Waals surface area contributed by atoms with E-state index in [-0.39, 0.29) is 12.2 Å². The summed E-state index contributed by atoms with van der Waals surface area (Å²) in [6, 6.07) is 10.6. The van der Waals surface area contributed by atoms with Crippen molar-refractivity contribution in [2.24, 2.45) is 0 Å². The zero-order valence-electron chi connectivity index (χ0n) is 11.9. The molecule has 2 rings (SSSR count). The molecule has 0 radical (unpaired) electrons. The summed E-state index contributed by atoms with van der Waals surface area (Å²) in [5, 5.41) is 9.23. The van der Waals surface area contributed by atoms with Crippen LogP contribution >= 0.6 is 11.6 Å². The van der Waals surface area contributed by atoms with Gasteiger partial charge in [-0.2, -0.15) is 5.26 Å². The lowest BCUT2D eigenvalue weighted by atomic mass is 10.1. The summed E-state index contributed by atoms with van der Waals surface area (Å²) >= 11 is 6.19. The maximum atomic E-state index is 12.6. The van der Waals surface area contributed by atoms with Crippen molar-refractivity contribution in [1.82, 2.24) is 4.57 Å². The van der Waals surface area contributed by atoms with Crippen molar-refractivity contribution in [3.05, 3.63) is 52.3 Å². The minimum absolute atomic E-state index is 0.159. The molecule has 0 aliphatic heterocycles. The molecule has 0 saturated carbocycles. The Bertz CT molecular complexity index is 696. The second-order valence-electron chi connectivity index (χ2n) is 4.47. The average Bonchev–Trinajstić information content (AvgIpc) is 2.82. The fourth-order valence-electron chi connectivity index (χ4n) is 2.26. The first-order chi connectivity index (χ1) is 10.1. The molecule has 0 atom stereocenters. The number of ketones is 1. The molecule has 0 saturated heterocycles. The van der Waals surface area contributed by atoms with E-state index in [2.05, 4.69) is 6.07 Å². The van der Waals surface area contributed by atoms with Crippen molar-refractivity contribution in [1.29, 1.82) is 5.26 Å². The largest absolute Gasteiger partial charge is 0.497 e. The van der Waals surface area contributed by atoms with Gasteiger partial charge >= 0.3 is 0 Å². The smallest absolute Gasteiger partial charge is 0.210 e. The zero-order chi connectivity index (χ0) is 15.4. The molecule has 0 aliphatic carbocycles. The number of nitriles is 1. The Morgan fingerprint density at radius 3 is 2.57 bits per heavy atom. The van der Waals surface area contributed by atoms with Crippen LogP contribution in [0.25, 0.3) is 0 Å². The number of carbonyl (C=O) groups excluding carboxylic acids is 1. The molecule has 5 heteroatoms. The molecule has 0 bridgehead atoms. The molecule has 108 valence electrons. The van der Waals surface area contributed by atoms with Crippen LogP contribution in [0.1, 0.15) is 28.7 Å². The lowest BCUT2D eigenvalue weighted by molar-refractivity contribution is 0.103. The maximum absolute atomic E-state index is 12.6. The lowest BCUT2D eigenvalue weighted by Crippen LogP contribution is -2.12. The van der Waals surface area contributed by atoms with E-state index < -0.39 is 0 Å². The van der Waals surface area contributed by atoms with E-state index in [1.165, 1.54) is 0 Å². The van der Waals surface area contributed by atoms with Gasteiger partial charge in [0.05, 0.1) is 24.6 Å². The highest BCUT2D eigenvalue weighted by Gasteiger charge is 2.20. The summed E-state index contributed by atoms with van der Waals surface area (Å²) in [5.74, 6) is 0.530. The van der Waals surface area contributed by atoms with Crippen LogP contribution in [-0.4, -0.2) is 17.5 Å². The van der Waals surface area contributed by atoms with Gasteiger partial charge in [0, 0.05) is 17.8 Å². The van der Waals surface area contributed by atoms with Crippen molar-refractivity contribution in [2.45, 2.75) is 19.9 Å². The van der Waals surface area contributed by atoms with Gasteiger partial charge in [-0.05, 0) is 37.3 Å². The van der Waals surface area contributed by atoms with Crippen molar-refractivity contribution in [3.8, 4) is 11.8 Å². The van der Waals surface area contributed by atoms with Gasteiger partial charge in [-0.1, -0.05) is 11.6 Å². The molecule has 1 heterocycles. The number of halogens is 1. The Morgan fingerprint density at radius 2 is 2.05 bits per heavy atom. The number of ether oxygens (including phenoxy) is 1. The first kappa shape index (κ1) is 15.1. The van der Waals surface area contributed by atoms with Crippen LogP contribution in [0, 0.1) is 11.3 Å². The quantitative estimate of drug-likeness (QED) is 0.795. The van der Waals surface area contributed by atoms with Crippen molar-refractivity contribution < 1.29 is 9.53 Å². The Balaban J connectivity index is 2.45. The number of hydrogen-bond acceptors (Lipinski definition) is 3. The summed E-state index contributed by atoms with van der Waals surface area (Å²) < 4.78 is 6.87. The van der Waals surface area contributed by atoms with Crippen LogP contribution in [-0.2, 0) is 13.0 Å². The van der Waals surface area contributed by atoms with Gasteiger partial charge in [-0.25, -0.2) is 0 Å². The third-order valence-corrected chi connectivity index (χ3v) is 3.57. The van der Waals surface area contributed by atoms with E-state index >= 15 is 0 Å². The average molecular weight is 303 g/mol. The Labute approximate surface area is 128 Å². The fraction of sp³-hybridized carbons (Fsp3) is 0.250. The fourth-order valence-corrected chi connectivity index (χ4v) is 2.58. The van der Waals surface area contributed by atoms with Crippen LogP contribution in [0.15, 0.2) is 30.3 Å². The Morgan fingerprint density at radius 1 is 1.38 bits per heavy atom. The molecular formula is C16H15ClN2O2. The monoisotopic (exact) mass is 302 g/mol. The Hall–Kier alpha value is -2.25. The van der Waals surface area contributed by atoms with Gasteiger partial charge in [0.2, 0.25) is 5.78 Å². The number of nitrogens with zero attached hydrogens (tertiary/aromatic N) is 2. The summed E-state index contributed by atoms with van der Waals surface area (Å²) in [5.41, 5.74) is 1.71. The predicted molar refractivity (Wildman–Crippen MR) is 80.9 cm³/mol. The number of hydrogen-bond donors (Lipinski definition) is 0. The SMILES string of the molecule is CCn1c(CC#N)cc(Cl)c1C(=O)c1ccc(OC)cc1. The molecule has 21 heavy (non-hydrogen) atoms. The van der Waals surface area contributed by atoms with Gasteiger partial charge in [0.1, 0.15) is 11.4 Å². The number of benzene rings is 1. The van der Waals surface area contributed by atoms with Gasteiger partial charge < -0.3 is 9.30 Å².